The smallest absolute Gasteiger partial charge is 0.224 e. The molecule has 0 unspecified atom stereocenters. The molecule has 2 rings (SSSR count). The van der Waals surface area contributed by atoms with Gasteiger partial charge in [-0.3, -0.25) is 4.79 Å². The van der Waals surface area contributed by atoms with Crippen LogP contribution in [0.5, 0.6) is 0 Å². The van der Waals surface area contributed by atoms with E-state index in [0.29, 0.717) is 6.42 Å². The Morgan fingerprint density at radius 3 is 2.83 bits per heavy atom. The predicted octanol–water partition coefficient (Wildman–Crippen LogP) is 1.66. The van der Waals surface area contributed by atoms with E-state index in [-0.39, 0.29) is 5.91 Å². The van der Waals surface area contributed by atoms with Crippen LogP contribution in [0, 0.1) is 0 Å². The van der Waals surface area contributed by atoms with Crippen LogP contribution >= 0.6 is 0 Å². The van der Waals surface area contributed by atoms with E-state index in [4.69, 9.17) is 0 Å². The van der Waals surface area contributed by atoms with Crippen molar-refractivity contribution in [3.8, 4) is 0 Å². The first-order chi connectivity index (χ1) is 8.84. The third-order valence-electron chi connectivity index (χ3n) is 3.13. The summed E-state index contributed by atoms with van der Waals surface area (Å²) >= 11 is 0. The fraction of sp³-hybridized carbons (Fsp3) is 0.400. The largest absolute Gasteiger partial charge is 0.355 e. The van der Waals surface area contributed by atoms with Crippen molar-refractivity contribution in [1.82, 2.24) is 10.6 Å². The maximum atomic E-state index is 11.7. The normalized spacial score (nSPS) is 15.0. The van der Waals surface area contributed by atoms with Gasteiger partial charge in [0.25, 0.3) is 0 Å². The van der Waals surface area contributed by atoms with Gasteiger partial charge in [-0.05, 0) is 24.9 Å². The van der Waals surface area contributed by atoms with E-state index >= 15 is 0 Å². The summed E-state index contributed by atoms with van der Waals surface area (Å²) < 4.78 is 0. The monoisotopic (exact) mass is 244 g/mol. The molecule has 0 atom stereocenters. The molecule has 18 heavy (non-hydrogen) atoms. The number of carbonyl (C=O) groups is 1. The van der Waals surface area contributed by atoms with Crippen LogP contribution in [0.1, 0.15) is 18.4 Å². The van der Waals surface area contributed by atoms with Gasteiger partial charge in [-0.15, -0.1) is 0 Å². The molecule has 0 saturated heterocycles. The average Bonchev–Trinajstić information content (AvgIpc) is 2.41. The van der Waals surface area contributed by atoms with Gasteiger partial charge in [0.05, 0.1) is 6.42 Å². The second-order valence-electron chi connectivity index (χ2n) is 4.58. The summed E-state index contributed by atoms with van der Waals surface area (Å²) in [6, 6.07) is 9.85. The van der Waals surface area contributed by atoms with Gasteiger partial charge >= 0.3 is 0 Å². The minimum atomic E-state index is 0.107. The molecule has 1 aliphatic rings. The summed E-state index contributed by atoms with van der Waals surface area (Å²) in [7, 11) is 0. The van der Waals surface area contributed by atoms with Gasteiger partial charge in [0.15, 0.2) is 0 Å². The number of carbonyl (C=O) groups excluding carboxylic acids is 1. The van der Waals surface area contributed by atoms with Crippen molar-refractivity contribution in [2.45, 2.75) is 19.3 Å². The highest BCUT2D eigenvalue weighted by atomic mass is 16.1. The van der Waals surface area contributed by atoms with Crippen LogP contribution in [-0.4, -0.2) is 25.5 Å². The van der Waals surface area contributed by atoms with Gasteiger partial charge in [-0.1, -0.05) is 42.0 Å². The van der Waals surface area contributed by atoms with Crippen LogP contribution in [0.2, 0.25) is 0 Å². The Morgan fingerprint density at radius 1 is 1.28 bits per heavy atom. The lowest BCUT2D eigenvalue weighted by molar-refractivity contribution is -0.120. The molecule has 0 aliphatic carbocycles. The Hall–Kier alpha value is -1.61. The van der Waals surface area contributed by atoms with E-state index in [0.717, 1.165) is 38.0 Å². The summed E-state index contributed by atoms with van der Waals surface area (Å²) in [6.07, 6.45) is 4.78. The van der Waals surface area contributed by atoms with E-state index in [9.17, 15) is 4.79 Å². The first kappa shape index (κ1) is 12.8. The Labute approximate surface area is 108 Å². The van der Waals surface area contributed by atoms with Crippen molar-refractivity contribution in [3.05, 3.63) is 47.5 Å². The molecule has 0 spiro atoms. The average molecular weight is 244 g/mol. The van der Waals surface area contributed by atoms with Gasteiger partial charge in [-0.25, -0.2) is 0 Å². The summed E-state index contributed by atoms with van der Waals surface area (Å²) in [5.41, 5.74) is 2.52. The summed E-state index contributed by atoms with van der Waals surface area (Å²) in [6.45, 7) is 2.77. The number of hydrogen-bond acceptors (Lipinski definition) is 2. The molecule has 0 fully saturated rings. The van der Waals surface area contributed by atoms with Gasteiger partial charge in [0.2, 0.25) is 5.91 Å². The van der Waals surface area contributed by atoms with E-state index in [2.05, 4.69) is 16.7 Å². The summed E-state index contributed by atoms with van der Waals surface area (Å²) in [4.78, 5) is 11.7. The van der Waals surface area contributed by atoms with Crippen LogP contribution in [0.15, 0.2) is 42.0 Å². The van der Waals surface area contributed by atoms with E-state index in [1.807, 2.05) is 30.3 Å². The maximum absolute atomic E-state index is 11.7. The van der Waals surface area contributed by atoms with Gasteiger partial charge in [0.1, 0.15) is 0 Å². The molecule has 1 aromatic rings. The zero-order valence-corrected chi connectivity index (χ0v) is 10.6. The number of rotatable bonds is 5. The number of benzene rings is 1. The number of amides is 1. The molecule has 2 N–H and O–H groups in total. The topological polar surface area (TPSA) is 41.1 Å². The first-order valence-electron chi connectivity index (χ1n) is 6.54. The summed E-state index contributed by atoms with van der Waals surface area (Å²) in [5, 5.41) is 6.26. The molecule has 1 aliphatic heterocycles. The molecule has 96 valence electrons. The third-order valence-corrected chi connectivity index (χ3v) is 3.13. The SMILES string of the molecule is O=C(Cc1ccccc1)NCCC1=CCNCC1. The molecule has 3 nitrogen and oxygen atoms in total. The van der Waals surface area contributed by atoms with Crippen LogP contribution in [-0.2, 0) is 11.2 Å². The van der Waals surface area contributed by atoms with E-state index in [1.54, 1.807) is 0 Å². The molecular formula is C15H20N2O. The second-order valence-corrected chi connectivity index (χ2v) is 4.58. The molecule has 1 aromatic carbocycles. The van der Waals surface area contributed by atoms with Crippen molar-refractivity contribution in [3.63, 3.8) is 0 Å². The zero-order chi connectivity index (χ0) is 12.6. The molecule has 0 bridgehead atoms. The lowest BCUT2D eigenvalue weighted by Crippen LogP contribution is -2.27. The lowest BCUT2D eigenvalue weighted by atomic mass is 10.1. The summed E-state index contributed by atoms with van der Waals surface area (Å²) in [5.74, 6) is 0.107. The molecule has 0 saturated carbocycles. The van der Waals surface area contributed by atoms with Crippen molar-refractivity contribution < 1.29 is 4.79 Å². The Morgan fingerprint density at radius 2 is 2.11 bits per heavy atom. The van der Waals surface area contributed by atoms with E-state index < -0.39 is 0 Å². The fourth-order valence-corrected chi connectivity index (χ4v) is 2.10. The molecule has 1 heterocycles. The minimum absolute atomic E-state index is 0.107. The predicted molar refractivity (Wildman–Crippen MR) is 73.3 cm³/mol. The Kier molecular flexibility index (Phi) is 4.97. The lowest BCUT2D eigenvalue weighted by Gasteiger charge is -2.14. The van der Waals surface area contributed by atoms with E-state index in [1.165, 1.54) is 5.57 Å². The first-order valence-corrected chi connectivity index (χ1v) is 6.54. The minimum Gasteiger partial charge on any atom is -0.355 e. The fourth-order valence-electron chi connectivity index (χ4n) is 2.10. The van der Waals surface area contributed by atoms with Crippen LogP contribution in [0.3, 0.4) is 0 Å². The van der Waals surface area contributed by atoms with Gasteiger partial charge < -0.3 is 10.6 Å². The third kappa shape index (κ3) is 4.34. The van der Waals surface area contributed by atoms with Crippen molar-refractivity contribution >= 4 is 5.91 Å². The molecular weight excluding hydrogens is 224 g/mol. The molecule has 1 amide bonds. The standard InChI is InChI=1S/C15H20N2O/c18-15(12-14-4-2-1-3-5-14)17-11-8-13-6-9-16-10-7-13/h1-6,16H,7-12H2,(H,17,18). The zero-order valence-electron chi connectivity index (χ0n) is 10.6. The highest BCUT2D eigenvalue weighted by Gasteiger charge is 2.05. The number of nitrogens with one attached hydrogen (secondary N) is 2. The highest BCUT2D eigenvalue weighted by molar-refractivity contribution is 5.78. The van der Waals surface area contributed by atoms with Crippen LogP contribution in [0.25, 0.3) is 0 Å². The molecule has 0 radical (unpaired) electrons. The Bertz CT molecular complexity index is 412. The number of hydrogen-bond donors (Lipinski definition) is 2. The highest BCUT2D eigenvalue weighted by Crippen LogP contribution is 2.08. The maximum Gasteiger partial charge on any atom is 0.224 e. The van der Waals surface area contributed by atoms with Gasteiger partial charge in [0, 0.05) is 13.1 Å². The van der Waals surface area contributed by atoms with Crippen LogP contribution < -0.4 is 10.6 Å². The molecule has 3 heteroatoms. The van der Waals surface area contributed by atoms with Crippen molar-refractivity contribution in [2.75, 3.05) is 19.6 Å². The molecule has 0 aromatic heterocycles. The Balaban J connectivity index is 1.67. The van der Waals surface area contributed by atoms with Crippen molar-refractivity contribution in [2.24, 2.45) is 0 Å². The van der Waals surface area contributed by atoms with Gasteiger partial charge in [-0.2, -0.15) is 0 Å². The quantitative estimate of drug-likeness (QED) is 0.773. The van der Waals surface area contributed by atoms with Crippen molar-refractivity contribution in [1.29, 1.82) is 0 Å². The second kappa shape index (κ2) is 6.97. The van der Waals surface area contributed by atoms with Crippen LogP contribution in [0.4, 0.5) is 0 Å².